The van der Waals surface area contributed by atoms with Gasteiger partial charge in [0, 0.05) is 30.9 Å². The van der Waals surface area contributed by atoms with Crippen LogP contribution in [0.15, 0.2) is 77.7 Å². The summed E-state index contributed by atoms with van der Waals surface area (Å²) in [5.74, 6) is 0.146. The number of nitrogens with one attached hydrogen (secondary N) is 2. The molecule has 224 valence electrons. The number of nitrogens with zero attached hydrogens (tertiary/aromatic N) is 2. The van der Waals surface area contributed by atoms with E-state index in [1.54, 1.807) is 43.1 Å². The van der Waals surface area contributed by atoms with Gasteiger partial charge in [-0.2, -0.15) is 0 Å². The van der Waals surface area contributed by atoms with Crippen molar-refractivity contribution in [3.8, 4) is 11.5 Å². The monoisotopic (exact) mass is 596 g/mol. The quantitative estimate of drug-likeness (QED) is 0.341. The third kappa shape index (κ3) is 7.12. The summed E-state index contributed by atoms with van der Waals surface area (Å²) in [6.07, 6.45) is -0.515. The van der Waals surface area contributed by atoms with Crippen LogP contribution in [0.1, 0.15) is 24.2 Å². The zero-order valence-corrected chi connectivity index (χ0v) is 24.8. The van der Waals surface area contributed by atoms with Crippen molar-refractivity contribution in [3.05, 3.63) is 78.4 Å². The zero-order chi connectivity index (χ0) is 30.4. The average molecular weight is 597 g/mol. The number of hydrogen-bond acceptors (Lipinski definition) is 7. The number of methoxy groups -OCH3 is 1. The van der Waals surface area contributed by atoms with Crippen LogP contribution in [0.4, 0.5) is 16.2 Å². The number of carbonyl (C=O) groups excluding carboxylic acids is 2. The summed E-state index contributed by atoms with van der Waals surface area (Å²) in [4.78, 5) is 29.7. The maximum absolute atomic E-state index is 13.7. The molecule has 0 aliphatic carbocycles. The number of carbonyl (C=O) groups is 2. The summed E-state index contributed by atoms with van der Waals surface area (Å²) in [7, 11) is -0.821. The number of anilines is 2. The molecule has 1 aliphatic rings. The van der Waals surface area contributed by atoms with E-state index in [1.807, 2.05) is 25.1 Å². The minimum absolute atomic E-state index is 0.0267. The number of aliphatic hydroxyl groups is 1. The molecule has 0 radical (unpaired) electrons. The van der Waals surface area contributed by atoms with Crippen LogP contribution in [0, 0.1) is 5.92 Å². The fraction of sp³-hybridized carbons (Fsp3) is 0.333. The number of sulfonamides is 1. The minimum atomic E-state index is -3.97. The first-order valence-corrected chi connectivity index (χ1v) is 15.0. The van der Waals surface area contributed by atoms with E-state index < -0.39 is 28.1 Å². The Balaban J connectivity index is 1.61. The molecule has 3 aromatic carbocycles. The Morgan fingerprint density at radius 1 is 1.12 bits per heavy atom. The highest BCUT2D eigenvalue weighted by Crippen LogP contribution is 2.31. The van der Waals surface area contributed by atoms with Gasteiger partial charge >= 0.3 is 6.03 Å². The van der Waals surface area contributed by atoms with Crippen molar-refractivity contribution in [1.29, 1.82) is 0 Å². The summed E-state index contributed by atoms with van der Waals surface area (Å²) in [6, 6.07) is 18.7. The lowest BCUT2D eigenvalue weighted by molar-refractivity contribution is 0.0371. The first-order valence-electron chi connectivity index (χ1n) is 13.5. The highest BCUT2D eigenvalue weighted by molar-refractivity contribution is 7.92. The fourth-order valence-electron chi connectivity index (χ4n) is 4.57. The van der Waals surface area contributed by atoms with E-state index in [4.69, 9.17) is 9.47 Å². The van der Waals surface area contributed by atoms with Gasteiger partial charge in [-0.1, -0.05) is 25.1 Å². The Hall–Kier alpha value is -4.29. The van der Waals surface area contributed by atoms with Crippen LogP contribution in [-0.2, 0) is 10.0 Å². The Kier molecular flexibility index (Phi) is 9.59. The number of hydrogen-bond donors (Lipinski definition) is 3. The van der Waals surface area contributed by atoms with Gasteiger partial charge in [0.2, 0.25) is 0 Å². The molecule has 4 rings (SSSR count). The summed E-state index contributed by atoms with van der Waals surface area (Å²) >= 11 is 0. The molecular formula is C30H36N4O7S. The molecule has 12 heteroatoms. The first kappa shape index (κ1) is 30.7. The molecule has 0 fully saturated rings. The third-order valence-electron chi connectivity index (χ3n) is 7.11. The van der Waals surface area contributed by atoms with Gasteiger partial charge in [0.15, 0.2) is 0 Å². The molecule has 0 aromatic heterocycles. The second kappa shape index (κ2) is 13.1. The molecular weight excluding hydrogens is 560 g/mol. The molecule has 3 atom stereocenters. The summed E-state index contributed by atoms with van der Waals surface area (Å²) < 4.78 is 40.0. The standard InChI is InChI=1S/C30H36N4O7S/c1-20-17-34(21(2)19-35)29(36)26-16-23(32-42(38,39)25-13-11-24(40-4)12-14-25)10-15-27(26)41-28(20)18-33(3)30(37)31-22-8-6-5-7-9-22/h5-16,20-21,28,32,35H,17-19H2,1-4H3,(H,31,37)/t20-,21-,28-/m0/s1. The van der Waals surface area contributed by atoms with Crippen LogP contribution in [0.5, 0.6) is 11.5 Å². The first-order chi connectivity index (χ1) is 20.0. The van der Waals surface area contributed by atoms with Crippen molar-refractivity contribution in [2.75, 3.05) is 43.9 Å². The van der Waals surface area contributed by atoms with E-state index in [0.717, 1.165) is 0 Å². The highest BCUT2D eigenvalue weighted by atomic mass is 32.2. The number of amides is 3. The number of likely N-dealkylation sites (N-methyl/N-ethyl adjacent to an activating group) is 1. The lowest BCUT2D eigenvalue weighted by Crippen LogP contribution is -2.50. The SMILES string of the molecule is COc1ccc(S(=O)(=O)Nc2ccc3c(c2)C(=O)N([C@@H](C)CO)C[C@H](C)[C@H](CN(C)C(=O)Nc2ccccc2)O3)cc1. The number of aliphatic hydroxyl groups excluding tert-OH is 1. The topological polar surface area (TPSA) is 138 Å². The van der Waals surface area contributed by atoms with E-state index in [2.05, 4.69) is 10.0 Å². The maximum atomic E-state index is 13.7. The molecule has 0 unspecified atom stereocenters. The maximum Gasteiger partial charge on any atom is 0.321 e. The van der Waals surface area contributed by atoms with Crippen LogP contribution in [0.2, 0.25) is 0 Å². The van der Waals surface area contributed by atoms with Crippen molar-refractivity contribution in [1.82, 2.24) is 9.80 Å². The highest BCUT2D eigenvalue weighted by Gasteiger charge is 2.34. The number of para-hydroxylation sites is 1. The van der Waals surface area contributed by atoms with Gasteiger partial charge < -0.3 is 29.7 Å². The molecule has 1 heterocycles. The predicted octanol–water partition coefficient (Wildman–Crippen LogP) is 3.88. The lowest BCUT2D eigenvalue weighted by Gasteiger charge is -2.38. The molecule has 11 nitrogen and oxygen atoms in total. The van der Waals surface area contributed by atoms with Crippen molar-refractivity contribution < 1.29 is 32.6 Å². The molecule has 3 aromatic rings. The Labute approximate surface area is 246 Å². The lowest BCUT2D eigenvalue weighted by atomic mass is 9.99. The Morgan fingerprint density at radius 2 is 1.81 bits per heavy atom. The Morgan fingerprint density at radius 3 is 2.45 bits per heavy atom. The molecule has 3 N–H and O–H groups in total. The predicted molar refractivity (Wildman–Crippen MR) is 159 cm³/mol. The number of benzene rings is 3. The summed E-state index contributed by atoms with van der Waals surface area (Å²) in [5, 5.41) is 12.8. The number of rotatable bonds is 9. The van der Waals surface area contributed by atoms with Crippen LogP contribution in [0.25, 0.3) is 0 Å². The average Bonchev–Trinajstić information content (AvgIpc) is 2.99. The van der Waals surface area contributed by atoms with Gasteiger partial charge in [0.05, 0.1) is 36.8 Å². The van der Waals surface area contributed by atoms with Crippen LogP contribution >= 0.6 is 0 Å². The molecule has 1 aliphatic heterocycles. The van der Waals surface area contributed by atoms with E-state index >= 15 is 0 Å². The van der Waals surface area contributed by atoms with Crippen molar-refractivity contribution in [2.45, 2.75) is 30.9 Å². The van der Waals surface area contributed by atoms with Crippen LogP contribution < -0.4 is 19.5 Å². The zero-order valence-electron chi connectivity index (χ0n) is 24.0. The van der Waals surface area contributed by atoms with E-state index in [1.165, 1.54) is 42.3 Å². The summed E-state index contributed by atoms with van der Waals surface area (Å²) in [6.45, 7) is 3.85. The van der Waals surface area contributed by atoms with Crippen molar-refractivity contribution in [2.24, 2.45) is 5.92 Å². The van der Waals surface area contributed by atoms with Crippen LogP contribution in [-0.4, -0.2) is 81.3 Å². The Bertz CT molecular complexity index is 1500. The van der Waals surface area contributed by atoms with E-state index in [0.29, 0.717) is 11.4 Å². The van der Waals surface area contributed by atoms with Gasteiger partial charge in [-0.05, 0) is 61.5 Å². The summed E-state index contributed by atoms with van der Waals surface area (Å²) in [5.41, 5.74) is 0.964. The molecule has 0 saturated heterocycles. The third-order valence-corrected chi connectivity index (χ3v) is 8.51. The molecule has 0 bridgehead atoms. The number of ether oxygens (including phenoxy) is 2. The normalized spacial score (nSPS) is 17.6. The number of fused-ring (bicyclic) bond motifs is 1. The van der Waals surface area contributed by atoms with E-state index in [9.17, 15) is 23.1 Å². The fourth-order valence-corrected chi connectivity index (χ4v) is 5.62. The van der Waals surface area contributed by atoms with Crippen molar-refractivity contribution >= 4 is 33.3 Å². The minimum Gasteiger partial charge on any atom is -0.497 e. The smallest absolute Gasteiger partial charge is 0.321 e. The molecule has 0 spiro atoms. The number of urea groups is 1. The van der Waals surface area contributed by atoms with Gasteiger partial charge in [-0.25, -0.2) is 13.2 Å². The van der Waals surface area contributed by atoms with Gasteiger partial charge in [-0.3, -0.25) is 9.52 Å². The van der Waals surface area contributed by atoms with Crippen LogP contribution in [0.3, 0.4) is 0 Å². The largest absolute Gasteiger partial charge is 0.497 e. The molecule has 0 saturated carbocycles. The van der Waals surface area contributed by atoms with E-state index in [-0.39, 0.29) is 53.5 Å². The second-order valence-corrected chi connectivity index (χ2v) is 12.0. The molecule has 3 amide bonds. The van der Waals surface area contributed by atoms with Gasteiger partial charge in [0.25, 0.3) is 15.9 Å². The second-order valence-electron chi connectivity index (χ2n) is 10.3. The molecule has 42 heavy (non-hydrogen) atoms. The van der Waals surface area contributed by atoms with Gasteiger partial charge in [-0.15, -0.1) is 0 Å². The van der Waals surface area contributed by atoms with Crippen molar-refractivity contribution in [3.63, 3.8) is 0 Å². The van der Waals surface area contributed by atoms with Gasteiger partial charge in [0.1, 0.15) is 17.6 Å².